The quantitative estimate of drug-likeness (QED) is 0.843. The van der Waals surface area contributed by atoms with Crippen LogP contribution in [0.4, 0.5) is 11.4 Å². The summed E-state index contributed by atoms with van der Waals surface area (Å²) in [5.74, 6) is 0.139. The number of rotatable bonds is 5. The van der Waals surface area contributed by atoms with Crippen molar-refractivity contribution in [2.75, 3.05) is 45.0 Å². The smallest absolute Gasteiger partial charge is 0.223 e. The van der Waals surface area contributed by atoms with Crippen LogP contribution >= 0.6 is 0 Å². The lowest BCUT2D eigenvalue weighted by Gasteiger charge is -2.18. The first kappa shape index (κ1) is 13.4. The van der Waals surface area contributed by atoms with Crippen molar-refractivity contribution < 1.29 is 4.79 Å². The Labute approximate surface area is 103 Å². The molecule has 1 aromatic carbocycles. The number of nitrogens with zero attached hydrogens (tertiary/aromatic N) is 2. The summed E-state index contributed by atoms with van der Waals surface area (Å²) < 4.78 is 0. The van der Waals surface area contributed by atoms with Gasteiger partial charge in [0.2, 0.25) is 5.91 Å². The summed E-state index contributed by atoms with van der Waals surface area (Å²) in [6, 6.07) is 8.07. The first-order valence-corrected chi connectivity index (χ1v) is 5.72. The maximum absolute atomic E-state index is 11.4. The van der Waals surface area contributed by atoms with Gasteiger partial charge in [-0.2, -0.15) is 0 Å². The van der Waals surface area contributed by atoms with Crippen LogP contribution in [0.1, 0.15) is 6.42 Å². The van der Waals surface area contributed by atoms with Crippen LogP contribution < -0.4 is 10.2 Å². The topological polar surface area (TPSA) is 35.6 Å². The van der Waals surface area contributed by atoms with Crippen molar-refractivity contribution in [3.63, 3.8) is 0 Å². The van der Waals surface area contributed by atoms with Gasteiger partial charge in [0.15, 0.2) is 0 Å². The van der Waals surface area contributed by atoms with E-state index < -0.39 is 0 Å². The first-order valence-electron chi connectivity index (χ1n) is 5.72. The van der Waals surface area contributed by atoms with Crippen molar-refractivity contribution >= 4 is 17.3 Å². The average molecular weight is 235 g/mol. The van der Waals surface area contributed by atoms with E-state index in [0.29, 0.717) is 13.0 Å². The molecule has 0 radical (unpaired) electrons. The molecule has 0 saturated heterocycles. The van der Waals surface area contributed by atoms with Crippen LogP contribution in [0, 0.1) is 0 Å². The Balaban J connectivity index is 2.55. The fourth-order valence-corrected chi connectivity index (χ4v) is 1.54. The number of hydrogen-bond acceptors (Lipinski definition) is 3. The predicted octanol–water partition coefficient (Wildman–Crippen LogP) is 1.64. The maximum atomic E-state index is 11.4. The third-order valence-electron chi connectivity index (χ3n) is 2.54. The number of hydrogen-bond donors (Lipinski definition) is 1. The fraction of sp³-hybridized carbons (Fsp3) is 0.462. The van der Waals surface area contributed by atoms with E-state index in [4.69, 9.17) is 0 Å². The van der Waals surface area contributed by atoms with Gasteiger partial charge in [-0.15, -0.1) is 0 Å². The summed E-state index contributed by atoms with van der Waals surface area (Å²) in [4.78, 5) is 15.1. The van der Waals surface area contributed by atoms with Gasteiger partial charge in [-0.3, -0.25) is 4.79 Å². The molecule has 0 aromatic heterocycles. The predicted molar refractivity (Wildman–Crippen MR) is 72.6 cm³/mol. The number of benzene rings is 1. The molecule has 0 unspecified atom stereocenters. The van der Waals surface area contributed by atoms with Crippen molar-refractivity contribution in [2.24, 2.45) is 0 Å². The lowest BCUT2D eigenvalue weighted by Crippen LogP contribution is -2.24. The second kappa shape index (κ2) is 6.13. The molecule has 1 aromatic rings. The summed E-state index contributed by atoms with van der Waals surface area (Å²) in [6.07, 6.45) is 0.509. The molecule has 0 saturated carbocycles. The molecule has 0 fully saturated rings. The minimum absolute atomic E-state index is 0.139. The molecule has 0 aliphatic heterocycles. The van der Waals surface area contributed by atoms with Crippen LogP contribution in [0.25, 0.3) is 0 Å². The Morgan fingerprint density at radius 2 is 1.82 bits per heavy atom. The molecule has 0 heterocycles. The van der Waals surface area contributed by atoms with Crippen molar-refractivity contribution in [2.45, 2.75) is 6.42 Å². The van der Waals surface area contributed by atoms with Crippen molar-refractivity contribution in [3.05, 3.63) is 24.3 Å². The normalized spacial score (nSPS) is 9.88. The largest absolute Gasteiger partial charge is 0.383 e. The fourth-order valence-electron chi connectivity index (χ4n) is 1.54. The van der Waals surface area contributed by atoms with Crippen LogP contribution in [0.5, 0.6) is 0 Å². The molecule has 0 aliphatic carbocycles. The SMILES string of the molecule is CN(C)C(=O)CCNc1ccccc1N(C)C. The number of carbonyl (C=O) groups excluding carboxylic acids is 1. The highest BCUT2D eigenvalue weighted by Gasteiger charge is 2.05. The highest BCUT2D eigenvalue weighted by atomic mass is 16.2. The molecule has 1 N–H and O–H groups in total. The summed E-state index contributed by atoms with van der Waals surface area (Å²) in [5.41, 5.74) is 2.19. The van der Waals surface area contributed by atoms with Gasteiger partial charge in [0, 0.05) is 41.2 Å². The highest BCUT2D eigenvalue weighted by Crippen LogP contribution is 2.23. The second-order valence-electron chi connectivity index (χ2n) is 4.38. The van der Waals surface area contributed by atoms with Crippen LogP contribution in [-0.4, -0.2) is 45.5 Å². The van der Waals surface area contributed by atoms with Gasteiger partial charge in [-0.05, 0) is 12.1 Å². The van der Waals surface area contributed by atoms with Crippen molar-refractivity contribution in [1.82, 2.24) is 4.90 Å². The third kappa shape index (κ3) is 3.98. The van der Waals surface area contributed by atoms with E-state index in [1.165, 1.54) is 0 Å². The average Bonchev–Trinajstić information content (AvgIpc) is 2.29. The molecule has 0 spiro atoms. The van der Waals surface area contributed by atoms with E-state index in [-0.39, 0.29) is 5.91 Å². The summed E-state index contributed by atoms with van der Waals surface area (Å²) in [7, 11) is 7.56. The van der Waals surface area contributed by atoms with E-state index in [9.17, 15) is 4.79 Å². The number of anilines is 2. The molecule has 17 heavy (non-hydrogen) atoms. The lowest BCUT2D eigenvalue weighted by atomic mass is 10.2. The van der Waals surface area contributed by atoms with Crippen LogP contribution in [-0.2, 0) is 4.79 Å². The Morgan fingerprint density at radius 1 is 1.18 bits per heavy atom. The maximum Gasteiger partial charge on any atom is 0.223 e. The Bertz CT molecular complexity index is 375. The number of para-hydroxylation sites is 2. The van der Waals surface area contributed by atoms with Gasteiger partial charge < -0.3 is 15.1 Å². The molecule has 0 atom stereocenters. The van der Waals surface area contributed by atoms with E-state index in [2.05, 4.69) is 16.3 Å². The Morgan fingerprint density at radius 3 is 2.41 bits per heavy atom. The number of amides is 1. The van der Waals surface area contributed by atoms with Gasteiger partial charge in [0.25, 0.3) is 0 Å². The second-order valence-corrected chi connectivity index (χ2v) is 4.38. The summed E-state index contributed by atoms with van der Waals surface area (Å²) >= 11 is 0. The van der Waals surface area contributed by atoms with Gasteiger partial charge in [0.1, 0.15) is 0 Å². The van der Waals surface area contributed by atoms with E-state index in [1.807, 2.05) is 32.3 Å². The minimum atomic E-state index is 0.139. The zero-order valence-electron chi connectivity index (χ0n) is 11.0. The zero-order chi connectivity index (χ0) is 12.8. The molecule has 4 heteroatoms. The molecule has 1 rings (SSSR count). The van der Waals surface area contributed by atoms with Crippen LogP contribution in [0.2, 0.25) is 0 Å². The van der Waals surface area contributed by atoms with Gasteiger partial charge in [-0.25, -0.2) is 0 Å². The summed E-state index contributed by atoms with van der Waals surface area (Å²) in [5, 5.41) is 3.29. The number of carbonyl (C=O) groups is 1. The molecule has 0 aliphatic rings. The Kier molecular flexibility index (Phi) is 4.82. The van der Waals surface area contributed by atoms with Gasteiger partial charge in [0.05, 0.1) is 11.4 Å². The Hall–Kier alpha value is -1.71. The van der Waals surface area contributed by atoms with E-state index >= 15 is 0 Å². The molecular weight excluding hydrogens is 214 g/mol. The van der Waals surface area contributed by atoms with E-state index in [0.717, 1.165) is 11.4 Å². The van der Waals surface area contributed by atoms with Crippen LogP contribution in [0.15, 0.2) is 24.3 Å². The molecule has 4 nitrogen and oxygen atoms in total. The van der Waals surface area contributed by atoms with Crippen molar-refractivity contribution in [3.8, 4) is 0 Å². The zero-order valence-corrected chi connectivity index (χ0v) is 11.0. The third-order valence-corrected chi connectivity index (χ3v) is 2.54. The number of nitrogens with one attached hydrogen (secondary N) is 1. The minimum Gasteiger partial charge on any atom is -0.383 e. The lowest BCUT2D eigenvalue weighted by molar-refractivity contribution is -0.128. The summed E-state index contributed by atoms with van der Waals surface area (Å²) in [6.45, 7) is 0.655. The molecule has 1 amide bonds. The molecule has 94 valence electrons. The highest BCUT2D eigenvalue weighted by molar-refractivity contribution is 5.76. The molecular formula is C13H21N3O. The standard InChI is InChI=1S/C13H21N3O/c1-15(2)12-8-6-5-7-11(12)14-10-9-13(17)16(3)4/h5-8,14H,9-10H2,1-4H3. The van der Waals surface area contributed by atoms with E-state index in [1.54, 1.807) is 19.0 Å². The molecule has 0 bridgehead atoms. The van der Waals surface area contributed by atoms with Crippen molar-refractivity contribution in [1.29, 1.82) is 0 Å². The van der Waals surface area contributed by atoms with Crippen LogP contribution in [0.3, 0.4) is 0 Å². The van der Waals surface area contributed by atoms with Gasteiger partial charge >= 0.3 is 0 Å². The first-order chi connectivity index (χ1) is 8.02. The van der Waals surface area contributed by atoms with Gasteiger partial charge in [-0.1, -0.05) is 12.1 Å². The monoisotopic (exact) mass is 235 g/mol.